The van der Waals surface area contributed by atoms with Crippen LogP contribution in [0.3, 0.4) is 0 Å². The Kier molecular flexibility index (Phi) is 4.56. The molecule has 4 nitrogen and oxygen atoms in total. The van der Waals surface area contributed by atoms with E-state index in [1.165, 1.54) is 4.90 Å². The zero-order chi connectivity index (χ0) is 19.0. The Morgan fingerprint density at radius 1 is 0.889 bits per heavy atom. The molecule has 0 unspecified atom stereocenters. The maximum atomic E-state index is 13.3. The Labute approximate surface area is 160 Å². The smallest absolute Gasteiger partial charge is 0.278 e. The second kappa shape index (κ2) is 7.03. The van der Waals surface area contributed by atoms with Gasteiger partial charge in [0.2, 0.25) is 0 Å². The van der Waals surface area contributed by atoms with Crippen molar-refractivity contribution < 1.29 is 9.59 Å². The molecule has 0 atom stereocenters. The minimum atomic E-state index is -0.183. The van der Waals surface area contributed by atoms with Crippen LogP contribution in [0.25, 0.3) is 5.57 Å². The van der Waals surface area contributed by atoms with Crippen molar-refractivity contribution in [3.8, 4) is 0 Å². The number of rotatable bonds is 4. The minimum Gasteiger partial charge on any atom is -0.366 e. The van der Waals surface area contributed by atoms with Gasteiger partial charge in [-0.3, -0.25) is 14.5 Å². The number of hydrogen-bond donors (Lipinski definition) is 0. The van der Waals surface area contributed by atoms with E-state index in [-0.39, 0.29) is 11.8 Å². The molecule has 2 amide bonds. The van der Waals surface area contributed by atoms with Gasteiger partial charge in [-0.05, 0) is 43.4 Å². The van der Waals surface area contributed by atoms with Crippen molar-refractivity contribution in [1.82, 2.24) is 9.80 Å². The molecule has 0 radical (unpaired) electrons. The van der Waals surface area contributed by atoms with E-state index in [1.807, 2.05) is 56.3 Å². The van der Waals surface area contributed by atoms with Gasteiger partial charge in [0, 0.05) is 13.1 Å². The molecule has 27 heavy (non-hydrogen) atoms. The molecular formula is C23H24N2O2. The van der Waals surface area contributed by atoms with Crippen LogP contribution in [-0.4, -0.2) is 34.7 Å². The molecule has 138 valence electrons. The number of carbonyl (C=O) groups is 2. The van der Waals surface area contributed by atoms with Crippen molar-refractivity contribution in [3.63, 3.8) is 0 Å². The van der Waals surface area contributed by atoms with Crippen LogP contribution in [0.1, 0.15) is 35.1 Å². The largest absolute Gasteiger partial charge is 0.366 e. The minimum absolute atomic E-state index is 0.166. The third kappa shape index (κ3) is 3.16. The molecule has 0 aliphatic carbocycles. The first kappa shape index (κ1) is 17.5. The number of hydrogen-bond acceptors (Lipinski definition) is 3. The summed E-state index contributed by atoms with van der Waals surface area (Å²) in [5.41, 5.74) is 5.16. The van der Waals surface area contributed by atoms with Gasteiger partial charge in [-0.15, -0.1) is 0 Å². The van der Waals surface area contributed by atoms with Crippen LogP contribution >= 0.6 is 0 Å². The van der Waals surface area contributed by atoms with E-state index in [4.69, 9.17) is 0 Å². The lowest BCUT2D eigenvalue weighted by Gasteiger charge is -2.20. The van der Waals surface area contributed by atoms with Crippen LogP contribution in [0, 0.1) is 13.8 Å². The predicted octanol–water partition coefficient (Wildman–Crippen LogP) is 3.68. The van der Waals surface area contributed by atoms with Crippen molar-refractivity contribution in [2.75, 3.05) is 13.1 Å². The van der Waals surface area contributed by atoms with Gasteiger partial charge in [0.15, 0.2) is 0 Å². The van der Waals surface area contributed by atoms with E-state index in [0.29, 0.717) is 17.8 Å². The van der Waals surface area contributed by atoms with Crippen molar-refractivity contribution in [3.05, 3.63) is 76.5 Å². The van der Waals surface area contributed by atoms with E-state index in [2.05, 4.69) is 11.0 Å². The summed E-state index contributed by atoms with van der Waals surface area (Å²) in [6, 6.07) is 15.8. The molecular weight excluding hydrogens is 336 g/mol. The second-order valence-corrected chi connectivity index (χ2v) is 7.42. The van der Waals surface area contributed by atoms with Gasteiger partial charge >= 0.3 is 0 Å². The molecule has 4 heteroatoms. The van der Waals surface area contributed by atoms with Gasteiger partial charge in [0.05, 0.1) is 12.1 Å². The summed E-state index contributed by atoms with van der Waals surface area (Å²) < 4.78 is 0. The lowest BCUT2D eigenvalue weighted by atomic mass is 9.97. The summed E-state index contributed by atoms with van der Waals surface area (Å²) in [5.74, 6) is -0.349. The summed E-state index contributed by atoms with van der Waals surface area (Å²) in [6.07, 6.45) is 2.12. The van der Waals surface area contributed by atoms with Crippen LogP contribution in [0.4, 0.5) is 0 Å². The van der Waals surface area contributed by atoms with Crippen LogP contribution in [0.5, 0.6) is 0 Å². The number of aryl methyl sites for hydroxylation is 2. The molecule has 0 N–H and O–H groups in total. The van der Waals surface area contributed by atoms with Crippen LogP contribution in [-0.2, 0) is 16.1 Å². The highest BCUT2D eigenvalue weighted by molar-refractivity contribution is 6.35. The third-order valence-electron chi connectivity index (χ3n) is 5.40. The predicted molar refractivity (Wildman–Crippen MR) is 106 cm³/mol. The van der Waals surface area contributed by atoms with Gasteiger partial charge in [-0.2, -0.15) is 0 Å². The average Bonchev–Trinajstić information content (AvgIpc) is 3.25. The lowest BCUT2D eigenvalue weighted by molar-refractivity contribution is -0.138. The number of benzene rings is 2. The van der Waals surface area contributed by atoms with Gasteiger partial charge in [-0.25, -0.2) is 0 Å². The SMILES string of the molecule is Cc1ccc(C2=C(N3CCCC3)C(=O)N(Cc3ccccc3)C2=O)c(C)c1. The molecule has 0 bridgehead atoms. The molecule has 2 aliphatic heterocycles. The van der Waals surface area contributed by atoms with Crippen LogP contribution in [0.15, 0.2) is 54.2 Å². The molecule has 4 rings (SSSR count). The molecule has 0 saturated carbocycles. The number of nitrogens with zero attached hydrogens (tertiary/aromatic N) is 2. The molecule has 2 aromatic rings. The molecule has 2 aliphatic rings. The van der Waals surface area contributed by atoms with Crippen LogP contribution in [0.2, 0.25) is 0 Å². The fourth-order valence-corrected chi connectivity index (χ4v) is 4.04. The molecule has 1 fully saturated rings. The Morgan fingerprint density at radius 2 is 1.59 bits per heavy atom. The van der Waals surface area contributed by atoms with E-state index in [1.54, 1.807) is 0 Å². The third-order valence-corrected chi connectivity index (χ3v) is 5.40. The standard InChI is InChI=1S/C23H24N2O2/c1-16-10-11-19(17(2)14-16)20-21(24-12-6-7-13-24)23(27)25(22(20)26)15-18-8-4-3-5-9-18/h3-5,8-11,14H,6-7,12-13,15H2,1-2H3. The van der Waals surface area contributed by atoms with Crippen molar-refractivity contribution in [1.29, 1.82) is 0 Å². The molecule has 2 heterocycles. The monoisotopic (exact) mass is 360 g/mol. The Balaban J connectivity index is 1.78. The normalized spacial score (nSPS) is 17.4. The van der Waals surface area contributed by atoms with Gasteiger partial charge in [0.1, 0.15) is 5.70 Å². The lowest BCUT2D eigenvalue weighted by Crippen LogP contribution is -2.34. The molecule has 2 aromatic carbocycles. The van der Waals surface area contributed by atoms with Crippen molar-refractivity contribution in [2.45, 2.75) is 33.2 Å². The average molecular weight is 360 g/mol. The molecule has 0 spiro atoms. The Hall–Kier alpha value is -2.88. The highest BCUT2D eigenvalue weighted by Crippen LogP contribution is 2.35. The first-order valence-corrected chi connectivity index (χ1v) is 9.53. The maximum Gasteiger partial charge on any atom is 0.278 e. The zero-order valence-electron chi connectivity index (χ0n) is 15.9. The van der Waals surface area contributed by atoms with Crippen molar-refractivity contribution >= 4 is 17.4 Å². The fraction of sp³-hybridized carbons (Fsp3) is 0.304. The summed E-state index contributed by atoms with van der Waals surface area (Å²) in [6.45, 7) is 6.03. The first-order valence-electron chi connectivity index (χ1n) is 9.53. The van der Waals surface area contributed by atoms with E-state index >= 15 is 0 Å². The highest BCUT2D eigenvalue weighted by Gasteiger charge is 2.42. The van der Waals surface area contributed by atoms with Gasteiger partial charge in [-0.1, -0.05) is 54.1 Å². The molecule has 1 saturated heterocycles. The summed E-state index contributed by atoms with van der Waals surface area (Å²) in [4.78, 5) is 30.1. The summed E-state index contributed by atoms with van der Waals surface area (Å²) in [7, 11) is 0. The summed E-state index contributed by atoms with van der Waals surface area (Å²) >= 11 is 0. The number of imide groups is 1. The number of amides is 2. The highest BCUT2D eigenvalue weighted by atomic mass is 16.2. The Morgan fingerprint density at radius 3 is 2.26 bits per heavy atom. The maximum absolute atomic E-state index is 13.3. The van der Waals surface area contributed by atoms with E-state index < -0.39 is 0 Å². The summed E-state index contributed by atoms with van der Waals surface area (Å²) in [5, 5.41) is 0. The van der Waals surface area contributed by atoms with Gasteiger partial charge < -0.3 is 4.90 Å². The zero-order valence-corrected chi connectivity index (χ0v) is 15.9. The van der Waals surface area contributed by atoms with E-state index in [0.717, 1.165) is 48.2 Å². The van der Waals surface area contributed by atoms with Gasteiger partial charge in [0.25, 0.3) is 11.8 Å². The quantitative estimate of drug-likeness (QED) is 0.781. The first-order chi connectivity index (χ1) is 13.1. The van der Waals surface area contributed by atoms with E-state index in [9.17, 15) is 9.59 Å². The van der Waals surface area contributed by atoms with Crippen molar-refractivity contribution in [2.24, 2.45) is 0 Å². The Bertz CT molecular complexity index is 925. The number of likely N-dealkylation sites (tertiary alicyclic amines) is 1. The fourth-order valence-electron chi connectivity index (χ4n) is 4.04. The van der Waals surface area contributed by atoms with Crippen LogP contribution < -0.4 is 0 Å². The number of carbonyl (C=O) groups excluding carboxylic acids is 2. The second-order valence-electron chi connectivity index (χ2n) is 7.42. The molecule has 0 aromatic heterocycles. The topological polar surface area (TPSA) is 40.6 Å².